The number of nitrogens with one attached hydrogen (secondary N) is 1. The molecule has 1 aliphatic carbocycles. The predicted molar refractivity (Wildman–Crippen MR) is 63.5 cm³/mol. The molecule has 0 heterocycles. The first kappa shape index (κ1) is 11.6. The molecule has 1 aliphatic rings. The van der Waals surface area contributed by atoms with Gasteiger partial charge in [0.2, 0.25) is 0 Å². The zero-order valence-corrected chi connectivity index (χ0v) is 9.67. The third-order valence-corrected chi connectivity index (χ3v) is 3.26. The van der Waals surface area contributed by atoms with E-state index >= 15 is 0 Å². The summed E-state index contributed by atoms with van der Waals surface area (Å²) in [5.41, 5.74) is 7.57. The number of aryl methyl sites for hydroxylation is 1. The lowest BCUT2D eigenvalue weighted by atomic mass is 9.81. The van der Waals surface area contributed by atoms with Crippen molar-refractivity contribution in [3.63, 3.8) is 0 Å². The normalized spacial score (nSPS) is 24.2. The fraction of sp³-hybridized carbons (Fsp3) is 0.538. The quantitative estimate of drug-likeness (QED) is 0.817. The highest BCUT2D eigenvalue weighted by Crippen LogP contribution is 2.24. The summed E-state index contributed by atoms with van der Waals surface area (Å²) < 4.78 is 13.0. The molecule has 0 unspecified atom stereocenters. The molecule has 1 aromatic rings. The molecule has 2 rings (SSSR count). The molecule has 0 bridgehead atoms. The van der Waals surface area contributed by atoms with Crippen LogP contribution in [0.3, 0.4) is 0 Å². The highest BCUT2D eigenvalue weighted by Gasteiger charge is 2.24. The van der Waals surface area contributed by atoms with Crippen molar-refractivity contribution in [2.45, 2.75) is 32.4 Å². The molecule has 1 saturated carbocycles. The van der Waals surface area contributed by atoms with Crippen LogP contribution in [0.2, 0.25) is 0 Å². The molecule has 0 spiro atoms. The minimum absolute atomic E-state index is 0.131. The molecule has 88 valence electrons. The monoisotopic (exact) mass is 222 g/mol. The fourth-order valence-corrected chi connectivity index (χ4v) is 2.19. The summed E-state index contributed by atoms with van der Waals surface area (Å²) >= 11 is 0. The maximum absolute atomic E-state index is 13.0. The van der Waals surface area contributed by atoms with Gasteiger partial charge in [-0.1, -0.05) is 12.1 Å². The number of nitrogens with two attached hydrogens (primary N) is 1. The first-order valence-electron chi connectivity index (χ1n) is 5.86. The number of hydrogen-bond acceptors (Lipinski definition) is 2. The number of rotatable bonds is 4. The summed E-state index contributed by atoms with van der Waals surface area (Å²) in [4.78, 5) is 0. The molecule has 0 radical (unpaired) electrons. The summed E-state index contributed by atoms with van der Waals surface area (Å²) in [6.45, 7) is 3.63. The SMILES string of the molecule is Cc1cc(CNCC2CC(N)C2)ccc1F. The van der Waals surface area contributed by atoms with Gasteiger partial charge >= 0.3 is 0 Å². The van der Waals surface area contributed by atoms with Gasteiger partial charge in [-0.3, -0.25) is 0 Å². The van der Waals surface area contributed by atoms with Crippen molar-refractivity contribution in [2.75, 3.05) is 6.54 Å². The van der Waals surface area contributed by atoms with Crippen molar-refractivity contribution < 1.29 is 4.39 Å². The minimum Gasteiger partial charge on any atom is -0.328 e. The van der Waals surface area contributed by atoms with Crippen LogP contribution in [0, 0.1) is 18.7 Å². The van der Waals surface area contributed by atoms with E-state index in [0.717, 1.165) is 37.4 Å². The van der Waals surface area contributed by atoms with Crippen molar-refractivity contribution in [3.8, 4) is 0 Å². The van der Waals surface area contributed by atoms with E-state index in [2.05, 4.69) is 5.32 Å². The summed E-state index contributed by atoms with van der Waals surface area (Å²) in [5.74, 6) is 0.602. The Kier molecular flexibility index (Phi) is 3.56. The van der Waals surface area contributed by atoms with E-state index in [1.54, 1.807) is 6.92 Å². The van der Waals surface area contributed by atoms with Crippen LogP contribution in [0.4, 0.5) is 4.39 Å². The predicted octanol–water partition coefficient (Wildman–Crippen LogP) is 1.96. The zero-order valence-electron chi connectivity index (χ0n) is 9.67. The standard InChI is InChI=1S/C13H19FN2/c1-9-4-10(2-3-13(9)14)7-16-8-11-5-12(15)6-11/h2-4,11-12,16H,5-8,15H2,1H3. The lowest BCUT2D eigenvalue weighted by molar-refractivity contribution is 0.256. The molecule has 0 aliphatic heterocycles. The average Bonchev–Trinajstić information content (AvgIpc) is 2.21. The van der Waals surface area contributed by atoms with Gasteiger partial charge in [0, 0.05) is 12.6 Å². The van der Waals surface area contributed by atoms with E-state index in [0.29, 0.717) is 11.6 Å². The van der Waals surface area contributed by atoms with Crippen LogP contribution in [0.15, 0.2) is 18.2 Å². The van der Waals surface area contributed by atoms with Crippen LogP contribution in [-0.2, 0) is 6.54 Å². The third kappa shape index (κ3) is 2.80. The van der Waals surface area contributed by atoms with E-state index in [1.165, 1.54) is 6.07 Å². The summed E-state index contributed by atoms with van der Waals surface area (Å²) in [7, 11) is 0. The Morgan fingerprint density at radius 1 is 1.44 bits per heavy atom. The van der Waals surface area contributed by atoms with Gasteiger partial charge in [-0.2, -0.15) is 0 Å². The highest BCUT2D eigenvalue weighted by atomic mass is 19.1. The number of hydrogen-bond donors (Lipinski definition) is 2. The third-order valence-electron chi connectivity index (χ3n) is 3.26. The topological polar surface area (TPSA) is 38.0 Å². The summed E-state index contributed by atoms with van der Waals surface area (Å²) in [6, 6.07) is 5.68. The summed E-state index contributed by atoms with van der Waals surface area (Å²) in [5, 5.41) is 3.39. The Hall–Kier alpha value is -0.930. The molecule has 0 atom stereocenters. The maximum atomic E-state index is 13.0. The van der Waals surface area contributed by atoms with Crippen molar-refractivity contribution in [3.05, 3.63) is 35.1 Å². The first-order valence-corrected chi connectivity index (χ1v) is 5.86. The van der Waals surface area contributed by atoms with E-state index in [4.69, 9.17) is 5.73 Å². The molecule has 1 aromatic carbocycles. The Morgan fingerprint density at radius 3 is 2.81 bits per heavy atom. The van der Waals surface area contributed by atoms with Crippen LogP contribution in [0.25, 0.3) is 0 Å². The smallest absolute Gasteiger partial charge is 0.126 e. The minimum atomic E-state index is -0.131. The van der Waals surface area contributed by atoms with Crippen LogP contribution in [-0.4, -0.2) is 12.6 Å². The molecular weight excluding hydrogens is 203 g/mol. The largest absolute Gasteiger partial charge is 0.328 e. The first-order chi connectivity index (χ1) is 7.65. The lowest BCUT2D eigenvalue weighted by Gasteiger charge is -2.32. The van der Waals surface area contributed by atoms with Crippen molar-refractivity contribution in [1.82, 2.24) is 5.32 Å². The van der Waals surface area contributed by atoms with E-state index < -0.39 is 0 Å². The van der Waals surface area contributed by atoms with Gasteiger partial charge in [-0.15, -0.1) is 0 Å². The molecule has 3 N–H and O–H groups in total. The van der Waals surface area contributed by atoms with Gasteiger partial charge in [0.25, 0.3) is 0 Å². The fourth-order valence-electron chi connectivity index (χ4n) is 2.19. The Bertz CT molecular complexity index is 359. The van der Waals surface area contributed by atoms with Gasteiger partial charge in [0.15, 0.2) is 0 Å². The van der Waals surface area contributed by atoms with Crippen molar-refractivity contribution >= 4 is 0 Å². The van der Waals surface area contributed by atoms with Gasteiger partial charge < -0.3 is 11.1 Å². The van der Waals surface area contributed by atoms with Crippen LogP contribution >= 0.6 is 0 Å². The van der Waals surface area contributed by atoms with Gasteiger partial charge in [-0.05, 0) is 49.4 Å². The lowest BCUT2D eigenvalue weighted by Crippen LogP contribution is -2.41. The highest BCUT2D eigenvalue weighted by molar-refractivity contribution is 5.23. The van der Waals surface area contributed by atoms with Gasteiger partial charge in [0.1, 0.15) is 5.82 Å². The van der Waals surface area contributed by atoms with E-state index in [9.17, 15) is 4.39 Å². The van der Waals surface area contributed by atoms with E-state index in [-0.39, 0.29) is 5.82 Å². The molecule has 1 fully saturated rings. The molecule has 0 aromatic heterocycles. The number of halogens is 1. The summed E-state index contributed by atoms with van der Waals surface area (Å²) in [6.07, 6.45) is 2.27. The van der Waals surface area contributed by atoms with Crippen molar-refractivity contribution in [1.29, 1.82) is 0 Å². The molecule has 0 saturated heterocycles. The maximum Gasteiger partial charge on any atom is 0.126 e. The second-order valence-corrected chi connectivity index (χ2v) is 4.81. The average molecular weight is 222 g/mol. The van der Waals surface area contributed by atoms with Crippen molar-refractivity contribution in [2.24, 2.45) is 11.7 Å². The molecule has 2 nitrogen and oxygen atoms in total. The Balaban J connectivity index is 1.74. The van der Waals surface area contributed by atoms with Crippen LogP contribution < -0.4 is 11.1 Å². The number of benzene rings is 1. The van der Waals surface area contributed by atoms with Crippen LogP contribution in [0.1, 0.15) is 24.0 Å². The molecular formula is C13H19FN2. The van der Waals surface area contributed by atoms with E-state index in [1.807, 2.05) is 12.1 Å². The molecule has 0 amide bonds. The second kappa shape index (κ2) is 4.93. The van der Waals surface area contributed by atoms with Crippen LogP contribution in [0.5, 0.6) is 0 Å². The second-order valence-electron chi connectivity index (χ2n) is 4.81. The van der Waals surface area contributed by atoms with Gasteiger partial charge in [-0.25, -0.2) is 4.39 Å². The van der Waals surface area contributed by atoms with Gasteiger partial charge in [0.05, 0.1) is 0 Å². The molecule has 3 heteroatoms. The Labute approximate surface area is 96.0 Å². The zero-order chi connectivity index (χ0) is 11.5. The molecule has 16 heavy (non-hydrogen) atoms. The Morgan fingerprint density at radius 2 is 2.19 bits per heavy atom.